The van der Waals surface area contributed by atoms with Gasteiger partial charge >= 0.3 is 0 Å². The molecule has 0 radical (unpaired) electrons. The Balaban J connectivity index is 2.02. The van der Waals surface area contributed by atoms with Gasteiger partial charge in [0.1, 0.15) is 16.8 Å². The molecule has 3 rings (SSSR count). The number of benzene rings is 1. The van der Waals surface area contributed by atoms with Crippen molar-refractivity contribution in [2.24, 2.45) is 0 Å². The molecule has 2 aliphatic heterocycles. The Morgan fingerprint density at radius 3 is 2.71 bits per heavy atom. The first-order chi connectivity index (χ1) is 9.91. The standard InChI is InChI=1S/C13H10FN3O2S2/c14-6-2-1-5-9(10(6)15)13(21)17(12(5)19)7-3-4-8(20)16-11(7)18/h1-2,7H,3-4,15H2,(H,16,18,20). The molecular formula is C13H10FN3O2S2. The van der Waals surface area contributed by atoms with Gasteiger partial charge in [-0.1, -0.05) is 24.4 Å². The minimum absolute atomic E-state index is 0.0833. The van der Waals surface area contributed by atoms with E-state index in [0.717, 1.165) is 6.07 Å². The number of nitrogens with one attached hydrogen (secondary N) is 1. The van der Waals surface area contributed by atoms with Crippen LogP contribution in [0.4, 0.5) is 10.1 Å². The normalized spacial score (nSPS) is 21.6. The first-order valence-corrected chi connectivity index (χ1v) is 7.03. The summed E-state index contributed by atoms with van der Waals surface area (Å²) in [7, 11) is 0. The number of halogens is 1. The summed E-state index contributed by atoms with van der Waals surface area (Å²) in [5.74, 6) is -1.46. The van der Waals surface area contributed by atoms with E-state index in [1.54, 1.807) is 0 Å². The first kappa shape index (κ1) is 14.0. The lowest BCUT2D eigenvalue weighted by atomic mass is 10.1. The van der Waals surface area contributed by atoms with E-state index in [4.69, 9.17) is 30.2 Å². The average molecular weight is 323 g/mol. The Labute approximate surface area is 130 Å². The van der Waals surface area contributed by atoms with Gasteiger partial charge in [-0.25, -0.2) is 4.39 Å². The van der Waals surface area contributed by atoms with Crippen LogP contribution in [0.15, 0.2) is 12.1 Å². The van der Waals surface area contributed by atoms with Crippen LogP contribution in [0.1, 0.15) is 28.8 Å². The van der Waals surface area contributed by atoms with Gasteiger partial charge in [0.05, 0.1) is 16.2 Å². The number of fused-ring (bicyclic) bond motifs is 1. The summed E-state index contributed by atoms with van der Waals surface area (Å²) in [6.07, 6.45) is 0.866. The summed E-state index contributed by atoms with van der Waals surface area (Å²) in [6.45, 7) is 0. The number of amides is 2. The Hall–Kier alpha value is -1.93. The molecule has 1 fully saturated rings. The number of carbonyl (C=O) groups is 2. The fraction of sp³-hybridized carbons (Fsp3) is 0.231. The smallest absolute Gasteiger partial charge is 0.260 e. The van der Waals surface area contributed by atoms with Gasteiger partial charge in [0.15, 0.2) is 0 Å². The monoisotopic (exact) mass is 323 g/mol. The quantitative estimate of drug-likeness (QED) is 0.599. The number of anilines is 1. The molecule has 108 valence electrons. The van der Waals surface area contributed by atoms with Crippen LogP contribution in [0.5, 0.6) is 0 Å². The molecule has 1 aromatic carbocycles. The Morgan fingerprint density at radius 2 is 2.05 bits per heavy atom. The van der Waals surface area contributed by atoms with Gasteiger partial charge in [0.2, 0.25) is 5.91 Å². The number of piperidine rings is 1. The van der Waals surface area contributed by atoms with Crippen molar-refractivity contribution in [2.45, 2.75) is 18.9 Å². The molecule has 1 saturated heterocycles. The lowest BCUT2D eigenvalue weighted by molar-refractivity contribution is -0.123. The average Bonchev–Trinajstić information content (AvgIpc) is 2.67. The summed E-state index contributed by atoms with van der Waals surface area (Å²) in [6, 6.07) is 1.71. The van der Waals surface area contributed by atoms with Crippen LogP contribution in [-0.2, 0) is 4.79 Å². The van der Waals surface area contributed by atoms with Crippen molar-refractivity contribution in [3.63, 3.8) is 0 Å². The van der Waals surface area contributed by atoms with E-state index in [1.807, 2.05) is 0 Å². The number of nitrogens with zero attached hydrogens (tertiary/aromatic N) is 1. The highest BCUT2D eigenvalue weighted by Gasteiger charge is 2.43. The number of hydrogen-bond donors (Lipinski definition) is 2. The van der Waals surface area contributed by atoms with Crippen molar-refractivity contribution in [1.29, 1.82) is 0 Å². The zero-order chi connectivity index (χ0) is 15.3. The SMILES string of the molecule is Nc1c(F)ccc2c1C(=S)N(C1CCC(=S)NC1=O)C2=O. The number of carbonyl (C=O) groups excluding carboxylic acids is 2. The van der Waals surface area contributed by atoms with Gasteiger partial charge in [0, 0.05) is 12.0 Å². The minimum atomic E-state index is -0.744. The van der Waals surface area contributed by atoms with Gasteiger partial charge in [0.25, 0.3) is 5.91 Å². The maximum atomic E-state index is 13.6. The molecule has 0 bridgehead atoms. The third-order valence-corrected chi connectivity index (χ3v) is 4.30. The molecule has 2 aliphatic rings. The van der Waals surface area contributed by atoms with Crippen molar-refractivity contribution in [3.05, 3.63) is 29.1 Å². The van der Waals surface area contributed by atoms with Gasteiger partial charge in [-0.2, -0.15) is 0 Å². The van der Waals surface area contributed by atoms with E-state index < -0.39 is 17.8 Å². The third kappa shape index (κ3) is 2.02. The molecular weight excluding hydrogens is 313 g/mol. The molecule has 3 N–H and O–H groups in total. The summed E-state index contributed by atoms with van der Waals surface area (Å²) < 4.78 is 13.6. The summed E-state index contributed by atoms with van der Waals surface area (Å²) >= 11 is 10.2. The topological polar surface area (TPSA) is 75.4 Å². The van der Waals surface area contributed by atoms with E-state index >= 15 is 0 Å². The molecule has 21 heavy (non-hydrogen) atoms. The molecule has 8 heteroatoms. The lowest BCUT2D eigenvalue weighted by Crippen LogP contribution is -2.53. The third-order valence-electron chi connectivity index (χ3n) is 3.60. The van der Waals surface area contributed by atoms with Crippen LogP contribution in [0, 0.1) is 5.82 Å². The van der Waals surface area contributed by atoms with Crippen LogP contribution in [0.3, 0.4) is 0 Å². The maximum absolute atomic E-state index is 13.6. The van der Waals surface area contributed by atoms with Crippen LogP contribution in [0.25, 0.3) is 0 Å². The van der Waals surface area contributed by atoms with E-state index in [-0.39, 0.29) is 27.7 Å². The maximum Gasteiger partial charge on any atom is 0.260 e. The molecule has 0 saturated carbocycles. The van der Waals surface area contributed by atoms with Gasteiger partial charge in [-0.15, -0.1) is 0 Å². The predicted octanol–water partition coefficient (Wildman–Crippen LogP) is 1.15. The molecule has 1 unspecified atom stereocenters. The Bertz CT molecular complexity index is 720. The largest absolute Gasteiger partial charge is 0.396 e. The molecule has 0 spiro atoms. The van der Waals surface area contributed by atoms with Crippen LogP contribution in [-0.4, -0.2) is 32.7 Å². The Morgan fingerprint density at radius 1 is 1.33 bits per heavy atom. The van der Waals surface area contributed by atoms with Crippen LogP contribution < -0.4 is 11.1 Å². The van der Waals surface area contributed by atoms with Gasteiger partial charge < -0.3 is 11.1 Å². The van der Waals surface area contributed by atoms with Gasteiger partial charge in [-0.05, 0) is 18.6 Å². The molecule has 1 atom stereocenters. The van der Waals surface area contributed by atoms with Crippen molar-refractivity contribution in [2.75, 3.05) is 5.73 Å². The van der Waals surface area contributed by atoms with Gasteiger partial charge in [-0.3, -0.25) is 14.5 Å². The zero-order valence-electron chi connectivity index (χ0n) is 10.7. The highest BCUT2D eigenvalue weighted by Crippen LogP contribution is 2.33. The number of nitrogen functional groups attached to an aromatic ring is 1. The van der Waals surface area contributed by atoms with Crippen molar-refractivity contribution < 1.29 is 14.0 Å². The second kappa shape index (κ2) is 4.81. The van der Waals surface area contributed by atoms with E-state index in [2.05, 4.69) is 5.32 Å². The highest BCUT2D eigenvalue weighted by atomic mass is 32.1. The van der Waals surface area contributed by atoms with Crippen LogP contribution in [0.2, 0.25) is 0 Å². The van der Waals surface area contributed by atoms with Crippen molar-refractivity contribution in [3.8, 4) is 0 Å². The molecule has 0 aliphatic carbocycles. The summed E-state index contributed by atoms with van der Waals surface area (Å²) in [5, 5.41) is 2.53. The van der Waals surface area contributed by atoms with Crippen molar-refractivity contribution in [1.82, 2.24) is 10.2 Å². The molecule has 2 heterocycles. The van der Waals surface area contributed by atoms with Crippen LogP contribution >= 0.6 is 24.4 Å². The number of nitrogens with two attached hydrogens (primary N) is 1. The highest BCUT2D eigenvalue weighted by molar-refractivity contribution is 7.81. The summed E-state index contributed by atoms with van der Waals surface area (Å²) in [5.41, 5.74) is 5.92. The Kier molecular flexibility index (Phi) is 3.22. The molecule has 2 amide bonds. The fourth-order valence-corrected chi connectivity index (χ4v) is 3.21. The van der Waals surface area contributed by atoms with Crippen molar-refractivity contribution >= 4 is 51.9 Å². The van der Waals surface area contributed by atoms with E-state index in [1.165, 1.54) is 11.0 Å². The number of rotatable bonds is 1. The molecule has 5 nitrogen and oxygen atoms in total. The number of thiocarbonyl (C=S) groups is 2. The van der Waals surface area contributed by atoms with E-state index in [9.17, 15) is 14.0 Å². The minimum Gasteiger partial charge on any atom is -0.396 e. The predicted molar refractivity (Wildman–Crippen MR) is 82.4 cm³/mol. The van der Waals surface area contributed by atoms with E-state index in [0.29, 0.717) is 17.8 Å². The zero-order valence-corrected chi connectivity index (χ0v) is 12.3. The first-order valence-electron chi connectivity index (χ1n) is 6.21. The number of hydrogen-bond acceptors (Lipinski definition) is 5. The lowest BCUT2D eigenvalue weighted by Gasteiger charge is -2.30. The molecule has 1 aromatic rings. The fourth-order valence-electron chi connectivity index (χ4n) is 2.56. The summed E-state index contributed by atoms with van der Waals surface area (Å²) in [4.78, 5) is 26.2. The molecule has 0 aromatic heterocycles. The second-order valence-corrected chi connectivity index (χ2v) is 5.71. The second-order valence-electron chi connectivity index (χ2n) is 4.83.